The van der Waals surface area contributed by atoms with Crippen molar-refractivity contribution >= 4 is 33.7 Å². The highest BCUT2D eigenvalue weighted by atomic mass is 79.9. The zero-order chi connectivity index (χ0) is 10.2. The molecule has 1 rings (SSSR count). The summed E-state index contributed by atoms with van der Waals surface area (Å²) in [5.74, 6) is 2.39. The van der Waals surface area contributed by atoms with Crippen LogP contribution in [0.1, 0.15) is 6.42 Å². The van der Waals surface area contributed by atoms with E-state index in [1.54, 1.807) is 4.90 Å². The smallest absolute Gasteiger partial charge is 0.306 e. The SMILES string of the molecule is O=C(CCBr)OCC[NH+]1CCSCC1. The molecule has 0 amide bonds. The van der Waals surface area contributed by atoms with Gasteiger partial charge >= 0.3 is 5.97 Å². The number of nitrogens with one attached hydrogen (secondary N) is 1. The van der Waals surface area contributed by atoms with E-state index in [2.05, 4.69) is 15.9 Å². The van der Waals surface area contributed by atoms with Gasteiger partial charge in [0.05, 0.1) is 19.5 Å². The molecule has 1 heterocycles. The van der Waals surface area contributed by atoms with Gasteiger partial charge in [-0.3, -0.25) is 4.79 Å². The standard InChI is InChI=1S/C9H16BrNO2S/c10-2-1-9(12)13-6-3-11-4-7-14-8-5-11/h1-8H2/p+1. The number of carbonyl (C=O) groups excluding carboxylic acids is 1. The number of hydrogen-bond donors (Lipinski definition) is 1. The number of thioether (sulfide) groups is 1. The van der Waals surface area contributed by atoms with Crippen molar-refractivity contribution in [1.82, 2.24) is 0 Å². The Morgan fingerprint density at radius 3 is 2.79 bits per heavy atom. The van der Waals surface area contributed by atoms with Crippen molar-refractivity contribution in [3.8, 4) is 0 Å². The number of halogens is 1. The van der Waals surface area contributed by atoms with Crippen LogP contribution < -0.4 is 4.90 Å². The molecule has 0 radical (unpaired) electrons. The minimum absolute atomic E-state index is 0.0901. The summed E-state index contributed by atoms with van der Waals surface area (Å²) in [4.78, 5) is 12.6. The Morgan fingerprint density at radius 2 is 2.14 bits per heavy atom. The van der Waals surface area contributed by atoms with Gasteiger partial charge in [0.2, 0.25) is 0 Å². The summed E-state index contributed by atoms with van der Waals surface area (Å²) >= 11 is 5.22. The van der Waals surface area contributed by atoms with Crippen LogP contribution in [0.25, 0.3) is 0 Å². The molecule has 0 aliphatic carbocycles. The fourth-order valence-corrected chi connectivity index (χ4v) is 2.76. The summed E-state index contributed by atoms with van der Waals surface area (Å²) in [6.45, 7) is 3.96. The van der Waals surface area contributed by atoms with Gasteiger partial charge in [-0.05, 0) is 0 Å². The predicted octanol–water partition coefficient (Wildman–Crippen LogP) is -0.0537. The van der Waals surface area contributed by atoms with E-state index in [4.69, 9.17) is 4.74 Å². The first-order valence-corrected chi connectivity index (χ1v) is 7.23. The van der Waals surface area contributed by atoms with Crippen molar-refractivity contribution < 1.29 is 14.4 Å². The van der Waals surface area contributed by atoms with Crippen LogP contribution in [0, 0.1) is 0 Å². The van der Waals surface area contributed by atoms with Crippen LogP contribution in [0.3, 0.4) is 0 Å². The van der Waals surface area contributed by atoms with Crippen LogP contribution in [0.4, 0.5) is 0 Å². The van der Waals surface area contributed by atoms with Gasteiger partial charge in [-0.2, -0.15) is 11.8 Å². The summed E-state index contributed by atoms with van der Waals surface area (Å²) in [6, 6.07) is 0. The number of carbonyl (C=O) groups is 1. The van der Waals surface area contributed by atoms with Crippen molar-refractivity contribution in [3.05, 3.63) is 0 Å². The highest BCUT2D eigenvalue weighted by molar-refractivity contribution is 9.09. The van der Waals surface area contributed by atoms with Crippen LogP contribution in [-0.2, 0) is 9.53 Å². The minimum atomic E-state index is -0.0901. The van der Waals surface area contributed by atoms with Crippen LogP contribution in [0.15, 0.2) is 0 Å². The van der Waals surface area contributed by atoms with Gasteiger partial charge < -0.3 is 9.64 Å². The summed E-state index contributed by atoms with van der Waals surface area (Å²) in [5, 5.41) is 0.693. The molecule has 0 aromatic carbocycles. The van der Waals surface area contributed by atoms with Gasteiger partial charge in [-0.15, -0.1) is 0 Å². The number of esters is 1. The topological polar surface area (TPSA) is 30.7 Å². The van der Waals surface area contributed by atoms with Crippen molar-refractivity contribution in [2.24, 2.45) is 0 Å². The molecule has 1 N–H and O–H groups in total. The average molecular weight is 283 g/mol. The quantitative estimate of drug-likeness (QED) is 0.567. The van der Waals surface area contributed by atoms with Crippen LogP contribution >= 0.6 is 27.7 Å². The fraction of sp³-hybridized carbons (Fsp3) is 0.889. The third kappa shape index (κ3) is 5.22. The van der Waals surface area contributed by atoms with Crippen LogP contribution in [0.2, 0.25) is 0 Å². The Balaban J connectivity index is 1.99. The highest BCUT2D eigenvalue weighted by Gasteiger charge is 2.13. The Hall–Kier alpha value is 0.260. The molecule has 14 heavy (non-hydrogen) atoms. The maximum absolute atomic E-state index is 11.0. The van der Waals surface area contributed by atoms with Gasteiger partial charge in [0, 0.05) is 16.8 Å². The zero-order valence-electron chi connectivity index (χ0n) is 8.26. The van der Waals surface area contributed by atoms with Gasteiger partial charge in [-0.1, -0.05) is 15.9 Å². The third-order valence-electron chi connectivity index (χ3n) is 2.22. The average Bonchev–Trinajstić information content (AvgIpc) is 2.20. The van der Waals surface area contributed by atoms with E-state index in [-0.39, 0.29) is 5.97 Å². The van der Waals surface area contributed by atoms with Crippen molar-refractivity contribution in [3.63, 3.8) is 0 Å². The Labute approximate surface area is 97.7 Å². The molecule has 0 aromatic heterocycles. The lowest BCUT2D eigenvalue weighted by atomic mass is 10.4. The molecule has 1 fully saturated rings. The maximum atomic E-state index is 11.0. The van der Waals surface area contributed by atoms with E-state index < -0.39 is 0 Å². The van der Waals surface area contributed by atoms with Gasteiger partial charge in [0.15, 0.2) is 0 Å². The normalized spacial score (nSPS) is 18.1. The number of hydrogen-bond acceptors (Lipinski definition) is 3. The van der Waals surface area contributed by atoms with E-state index >= 15 is 0 Å². The predicted molar refractivity (Wildman–Crippen MR) is 62.3 cm³/mol. The van der Waals surface area contributed by atoms with Gasteiger partial charge in [-0.25, -0.2) is 0 Å². The molecule has 0 spiro atoms. The monoisotopic (exact) mass is 282 g/mol. The second-order valence-electron chi connectivity index (χ2n) is 3.27. The van der Waals surface area contributed by atoms with E-state index in [0.29, 0.717) is 18.4 Å². The number of alkyl halides is 1. The maximum Gasteiger partial charge on any atom is 0.306 e. The van der Waals surface area contributed by atoms with Crippen LogP contribution in [0.5, 0.6) is 0 Å². The van der Waals surface area contributed by atoms with E-state index in [1.807, 2.05) is 11.8 Å². The highest BCUT2D eigenvalue weighted by Crippen LogP contribution is 1.97. The zero-order valence-corrected chi connectivity index (χ0v) is 10.7. The summed E-state index contributed by atoms with van der Waals surface area (Å²) in [7, 11) is 0. The third-order valence-corrected chi connectivity index (χ3v) is 3.60. The molecule has 0 atom stereocenters. The molecule has 3 nitrogen and oxygen atoms in total. The lowest BCUT2D eigenvalue weighted by molar-refractivity contribution is -0.896. The van der Waals surface area contributed by atoms with Crippen molar-refractivity contribution in [2.75, 3.05) is 43.1 Å². The first-order valence-electron chi connectivity index (χ1n) is 4.96. The molecule has 1 aliphatic heterocycles. The second-order valence-corrected chi connectivity index (χ2v) is 5.29. The largest absolute Gasteiger partial charge is 0.460 e. The Morgan fingerprint density at radius 1 is 1.43 bits per heavy atom. The summed E-state index contributed by atoms with van der Waals surface area (Å²) in [5.41, 5.74) is 0. The van der Waals surface area contributed by atoms with Crippen LogP contribution in [-0.4, -0.2) is 49.0 Å². The second kappa shape index (κ2) is 7.54. The van der Waals surface area contributed by atoms with Crippen molar-refractivity contribution in [2.45, 2.75) is 6.42 Å². The van der Waals surface area contributed by atoms with Gasteiger partial charge in [0.25, 0.3) is 0 Å². The number of ether oxygens (including phenoxy) is 1. The number of rotatable bonds is 5. The fourth-order valence-electron chi connectivity index (χ4n) is 1.37. The lowest BCUT2D eigenvalue weighted by Crippen LogP contribution is -3.14. The van der Waals surface area contributed by atoms with E-state index in [0.717, 1.165) is 6.54 Å². The lowest BCUT2D eigenvalue weighted by Gasteiger charge is -2.22. The molecule has 0 saturated carbocycles. The number of quaternary nitrogens is 1. The molecule has 1 aliphatic rings. The van der Waals surface area contributed by atoms with E-state index in [9.17, 15) is 4.79 Å². The first-order chi connectivity index (χ1) is 6.83. The minimum Gasteiger partial charge on any atom is -0.460 e. The summed E-state index contributed by atoms with van der Waals surface area (Å²) < 4.78 is 5.09. The molecule has 1 saturated heterocycles. The Kier molecular flexibility index (Phi) is 6.64. The summed E-state index contributed by atoms with van der Waals surface area (Å²) in [6.07, 6.45) is 0.477. The molecule has 5 heteroatoms. The molecule has 82 valence electrons. The molecule has 0 unspecified atom stereocenters. The van der Waals surface area contributed by atoms with Crippen molar-refractivity contribution in [1.29, 1.82) is 0 Å². The molecular formula is C9H17BrNO2S+. The molecule has 0 bridgehead atoms. The molecule has 0 aromatic rings. The van der Waals surface area contributed by atoms with E-state index in [1.165, 1.54) is 24.6 Å². The van der Waals surface area contributed by atoms with Gasteiger partial charge in [0.1, 0.15) is 13.2 Å². The first kappa shape index (κ1) is 12.3. The molecular weight excluding hydrogens is 266 g/mol. The Bertz CT molecular complexity index is 174.